The molecule has 1 aliphatic rings. The lowest BCUT2D eigenvalue weighted by Gasteiger charge is -2.15. The van der Waals surface area contributed by atoms with Crippen molar-refractivity contribution in [3.05, 3.63) is 75.5 Å². The molecule has 0 unspecified atom stereocenters. The third kappa shape index (κ3) is 6.29. The highest BCUT2D eigenvalue weighted by Gasteiger charge is 2.28. The van der Waals surface area contributed by atoms with Gasteiger partial charge in [0.2, 0.25) is 5.78 Å². The lowest BCUT2D eigenvalue weighted by atomic mass is 10.0. The van der Waals surface area contributed by atoms with Crippen molar-refractivity contribution in [2.75, 3.05) is 11.9 Å². The van der Waals surface area contributed by atoms with Crippen LogP contribution in [-0.4, -0.2) is 36.8 Å². The summed E-state index contributed by atoms with van der Waals surface area (Å²) >= 11 is 3.48. The van der Waals surface area contributed by atoms with E-state index in [0.717, 1.165) is 28.4 Å². The van der Waals surface area contributed by atoms with Crippen LogP contribution < -0.4 is 10.5 Å². The molecule has 1 aliphatic carbocycles. The molecule has 3 N–H and O–H groups in total. The number of carbonyl (C=O) groups is 1. The third-order valence-corrected chi connectivity index (χ3v) is 6.79. The molecule has 1 fully saturated rings. The number of benzene rings is 1. The number of nitrogens with two attached hydrogens (primary N) is 1. The van der Waals surface area contributed by atoms with Crippen LogP contribution in [0.15, 0.2) is 51.7 Å². The molecule has 0 spiro atoms. The van der Waals surface area contributed by atoms with Crippen molar-refractivity contribution in [1.29, 1.82) is 0 Å². The Morgan fingerprint density at radius 3 is 2.91 bits per heavy atom. The van der Waals surface area contributed by atoms with E-state index in [9.17, 15) is 13.2 Å². The molecule has 0 bridgehead atoms. The first-order valence-corrected chi connectivity index (χ1v) is 13.1. The maximum atomic E-state index is 13.3. The number of anilines is 1. The average Bonchev–Trinajstić information content (AvgIpc) is 3.38. The maximum Gasteiger partial charge on any atom is 0.333 e. The van der Waals surface area contributed by atoms with Crippen LogP contribution in [0, 0.1) is 12.8 Å². The summed E-state index contributed by atoms with van der Waals surface area (Å²) in [4.78, 5) is 21.6. The molecule has 2 heterocycles. The van der Waals surface area contributed by atoms with Gasteiger partial charge in [0.15, 0.2) is 5.76 Å². The summed E-state index contributed by atoms with van der Waals surface area (Å²) in [6, 6.07) is 9.77. The Kier molecular flexibility index (Phi) is 7.46. The molecule has 0 saturated heterocycles. The molecule has 34 heavy (non-hydrogen) atoms. The van der Waals surface area contributed by atoms with E-state index >= 15 is 0 Å². The van der Waals surface area contributed by atoms with Gasteiger partial charge in [-0.1, -0.05) is 28.1 Å². The number of ketones is 1. The Morgan fingerprint density at radius 1 is 1.32 bits per heavy atom. The molecule has 2 atom stereocenters. The van der Waals surface area contributed by atoms with Crippen molar-refractivity contribution in [2.45, 2.75) is 38.6 Å². The van der Waals surface area contributed by atoms with E-state index in [4.69, 9.17) is 13.7 Å². The van der Waals surface area contributed by atoms with Gasteiger partial charge in [-0.3, -0.25) is 8.98 Å². The number of aryl methyl sites for hydroxylation is 1. The van der Waals surface area contributed by atoms with Gasteiger partial charge in [0.25, 0.3) is 0 Å². The Morgan fingerprint density at radius 2 is 2.15 bits per heavy atom. The van der Waals surface area contributed by atoms with Gasteiger partial charge in [0.1, 0.15) is 17.9 Å². The van der Waals surface area contributed by atoms with Gasteiger partial charge in [0, 0.05) is 23.1 Å². The molecule has 0 aliphatic heterocycles. The molecular weight excluding hydrogens is 524 g/mol. The Hall–Kier alpha value is -2.60. The molecule has 9 nitrogen and oxygen atoms in total. The van der Waals surface area contributed by atoms with Gasteiger partial charge in [0.05, 0.1) is 12.2 Å². The minimum atomic E-state index is -3.96. The van der Waals surface area contributed by atoms with E-state index < -0.39 is 10.3 Å². The van der Waals surface area contributed by atoms with E-state index in [2.05, 4.69) is 31.2 Å². The minimum Gasteiger partial charge on any atom is -0.458 e. The van der Waals surface area contributed by atoms with E-state index in [1.54, 1.807) is 6.07 Å². The second-order valence-electron chi connectivity index (χ2n) is 8.41. The predicted molar refractivity (Wildman–Crippen MR) is 130 cm³/mol. The standard InChI is InChI=1S/C23H25BrN4O5S/c1-14-17(7-15-3-2-4-18(24)8-15)10-21(33-14)22(29)20-11-26-13-27-23(20)28-19-6-5-16(9-19)12-32-34(25,30)31/h2-4,8,10-11,13,16,19H,5-7,9,12H2,1H3,(H2,25,30,31)(H,26,27,28)/t16-,19+/m1/s1. The van der Waals surface area contributed by atoms with Crippen LogP contribution in [0.4, 0.5) is 5.82 Å². The molecule has 2 aromatic heterocycles. The first kappa shape index (κ1) is 24.5. The predicted octanol–water partition coefficient (Wildman–Crippen LogP) is 3.76. The van der Waals surface area contributed by atoms with Gasteiger partial charge in [-0.15, -0.1) is 0 Å². The first-order valence-electron chi connectivity index (χ1n) is 10.8. The number of nitrogens with zero attached hydrogens (tertiary/aromatic N) is 2. The summed E-state index contributed by atoms with van der Waals surface area (Å²) in [7, 11) is -3.96. The Labute approximate surface area is 206 Å². The number of aromatic nitrogens is 2. The molecule has 180 valence electrons. The normalized spacial score (nSPS) is 18.2. The van der Waals surface area contributed by atoms with Crippen LogP contribution in [0.25, 0.3) is 0 Å². The number of hydrogen-bond donors (Lipinski definition) is 2. The van der Waals surface area contributed by atoms with Gasteiger partial charge >= 0.3 is 10.3 Å². The summed E-state index contributed by atoms with van der Waals surface area (Å²) in [5.74, 6) is 1.07. The first-order chi connectivity index (χ1) is 16.2. The van der Waals surface area contributed by atoms with Crippen molar-refractivity contribution in [2.24, 2.45) is 11.1 Å². The van der Waals surface area contributed by atoms with E-state index in [1.165, 1.54) is 12.5 Å². The van der Waals surface area contributed by atoms with Crippen LogP contribution in [0.2, 0.25) is 0 Å². The van der Waals surface area contributed by atoms with Gasteiger partial charge in [-0.05, 0) is 61.4 Å². The molecular formula is C23H25BrN4O5S. The molecule has 1 saturated carbocycles. The zero-order chi connectivity index (χ0) is 24.3. The van der Waals surface area contributed by atoms with Gasteiger partial charge in [-0.25, -0.2) is 15.1 Å². The smallest absolute Gasteiger partial charge is 0.333 e. The SMILES string of the molecule is Cc1oc(C(=O)c2cncnc2N[C@H]2CC[C@@H](COS(N)(=O)=O)C2)cc1Cc1cccc(Br)c1. The fraction of sp³-hybridized carbons (Fsp3) is 0.348. The summed E-state index contributed by atoms with van der Waals surface area (Å²) in [6.45, 7) is 1.88. The zero-order valence-electron chi connectivity index (χ0n) is 18.5. The van der Waals surface area contributed by atoms with Crippen molar-refractivity contribution in [1.82, 2.24) is 9.97 Å². The second-order valence-corrected chi connectivity index (χ2v) is 10.5. The van der Waals surface area contributed by atoms with E-state index in [0.29, 0.717) is 30.0 Å². The molecule has 1 aromatic carbocycles. The van der Waals surface area contributed by atoms with Crippen LogP contribution in [-0.2, 0) is 20.9 Å². The molecule has 0 amide bonds. The minimum absolute atomic E-state index is 0.0148. The molecule has 11 heteroatoms. The van der Waals surface area contributed by atoms with Crippen LogP contribution in [0.3, 0.4) is 0 Å². The maximum absolute atomic E-state index is 13.3. The van der Waals surface area contributed by atoms with E-state index in [1.807, 2.05) is 31.2 Å². The largest absolute Gasteiger partial charge is 0.458 e. The van der Waals surface area contributed by atoms with Crippen LogP contribution in [0.1, 0.15) is 52.3 Å². The lowest BCUT2D eigenvalue weighted by molar-refractivity contribution is 0.101. The van der Waals surface area contributed by atoms with Crippen molar-refractivity contribution in [3.63, 3.8) is 0 Å². The average molecular weight is 549 g/mol. The fourth-order valence-corrected chi connectivity index (χ4v) is 4.99. The topological polar surface area (TPSA) is 137 Å². The highest BCUT2D eigenvalue weighted by atomic mass is 79.9. The fourth-order valence-electron chi connectivity index (χ4n) is 4.16. The summed E-state index contributed by atoms with van der Waals surface area (Å²) < 4.78 is 33.6. The highest BCUT2D eigenvalue weighted by Crippen LogP contribution is 2.30. The number of carbonyl (C=O) groups excluding carboxylic acids is 1. The van der Waals surface area contributed by atoms with Gasteiger partial charge < -0.3 is 9.73 Å². The Balaban J connectivity index is 1.46. The third-order valence-electron chi connectivity index (χ3n) is 5.83. The van der Waals surface area contributed by atoms with Crippen molar-refractivity contribution >= 4 is 37.8 Å². The van der Waals surface area contributed by atoms with Gasteiger partial charge in [-0.2, -0.15) is 8.42 Å². The summed E-state index contributed by atoms with van der Waals surface area (Å²) in [5.41, 5.74) is 2.35. The van der Waals surface area contributed by atoms with Crippen LogP contribution in [0.5, 0.6) is 0 Å². The number of furan rings is 1. The van der Waals surface area contributed by atoms with E-state index in [-0.39, 0.29) is 30.1 Å². The number of halogens is 1. The van der Waals surface area contributed by atoms with Crippen LogP contribution >= 0.6 is 15.9 Å². The van der Waals surface area contributed by atoms with Crippen molar-refractivity contribution < 1.29 is 21.8 Å². The summed E-state index contributed by atoms with van der Waals surface area (Å²) in [5, 5.41) is 8.21. The quantitative estimate of drug-likeness (QED) is 0.385. The second kappa shape index (κ2) is 10.3. The Bertz CT molecular complexity index is 1290. The number of hydrogen-bond acceptors (Lipinski definition) is 8. The van der Waals surface area contributed by atoms with Crippen molar-refractivity contribution in [3.8, 4) is 0 Å². The molecule has 4 rings (SSSR count). The summed E-state index contributed by atoms with van der Waals surface area (Å²) in [6.07, 6.45) is 5.72. The number of rotatable bonds is 9. The monoisotopic (exact) mass is 548 g/mol. The highest BCUT2D eigenvalue weighted by molar-refractivity contribution is 9.10. The lowest BCUT2D eigenvalue weighted by Crippen LogP contribution is -2.22. The molecule has 0 radical (unpaired) electrons. The zero-order valence-corrected chi connectivity index (χ0v) is 20.9. The number of nitrogens with one attached hydrogen (secondary N) is 1. The molecule has 3 aromatic rings.